The topological polar surface area (TPSA) is 55.1 Å². The van der Waals surface area contributed by atoms with Gasteiger partial charge in [-0.3, -0.25) is 4.79 Å². The third-order valence-corrected chi connectivity index (χ3v) is 5.85. The van der Waals surface area contributed by atoms with Gasteiger partial charge in [0.2, 0.25) is 0 Å². The molecule has 0 atom stereocenters. The molecule has 0 aliphatic rings. The molecule has 1 aromatic carbocycles. The van der Waals surface area contributed by atoms with E-state index in [0.29, 0.717) is 27.9 Å². The number of rotatable bonds is 6. The normalized spacial score (nSPS) is 10.8. The van der Waals surface area contributed by atoms with Crippen molar-refractivity contribution < 1.29 is 9.21 Å². The molecule has 4 aromatic rings. The molecular formula is C20H16N2O2S2. The lowest BCUT2D eigenvalue weighted by Gasteiger charge is -2.04. The Bertz CT molecular complexity index is 974. The van der Waals surface area contributed by atoms with E-state index in [1.165, 1.54) is 16.2 Å². The summed E-state index contributed by atoms with van der Waals surface area (Å²) in [5.74, 6) is 0.570. The van der Waals surface area contributed by atoms with E-state index in [1.54, 1.807) is 17.6 Å². The Kier molecular flexibility index (Phi) is 4.95. The molecule has 130 valence electrons. The quantitative estimate of drug-likeness (QED) is 0.506. The van der Waals surface area contributed by atoms with Crippen molar-refractivity contribution in [2.24, 2.45) is 0 Å². The first-order valence-electron chi connectivity index (χ1n) is 8.22. The number of nitrogens with zero attached hydrogens (tertiary/aromatic N) is 1. The van der Waals surface area contributed by atoms with Crippen molar-refractivity contribution in [2.75, 3.05) is 6.54 Å². The van der Waals surface area contributed by atoms with Gasteiger partial charge in [-0.1, -0.05) is 36.4 Å². The summed E-state index contributed by atoms with van der Waals surface area (Å²) in [5, 5.41) is 5.76. The van der Waals surface area contributed by atoms with Crippen molar-refractivity contribution in [3.8, 4) is 22.0 Å². The van der Waals surface area contributed by atoms with Crippen LogP contribution in [0.15, 0.2) is 70.7 Å². The van der Waals surface area contributed by atoms with E-state index in [9.17, 15) is 4.79 Å². The predicted octanol–water partition coefficient (Wildman–Crippen LogP) is 5.10. The predicted molar refractivity (Wildman–Crippen MR) is 106 cm³/mol. The Balaban J connectivity index is 1.59. The molecule has 6 heteroatoms. The van der Waals surface area contributed by atoms with Crippen LogP contribution in [-0.2, 0) is 6.42 Å². The van der Waals surface area contributed by atoms with Gasteiger partial charge in [0.05, 0.1) is 12.0 Å². The fourth-order valence-electron chi connectivity index (χ4n) is 2.61. The molecule has 0 radical (unpaired) electrons. The van der Waals surface area contributed by atoms with E-state index in [-0.39, 0.29) is 5.91 Å². The first-order chi connectivity index (χ1) is 12.8. The smallest absolute Gasteiger partial charge is 0.263 e. The van der Waals surface area contributed by atoms with E-state index < -0.39 is 0 Å². The minimum Gasteiger partial charge on any atom is -0.462 e. The summed E-state index contributed by atoms with van der Waals surface area (Å²) in [6, 6.07) is 17.5. The molecule has 0 fully saturated rings. The summed E-state index contributed by atoms with van der Waals surface area (Å²) in [6.07, 6.45) is 2.44. The van der Waals surface area contributed by atoms with Crippen LogP contribution in [0, 0.1) is 0 Å². The van der Waals surface area contributed by atoms with Crippen molar-refractivity contribution in [3.63, 3.8) is 0 Å². The lowest BCUT2D eigenvalue weighted by Crippen LogP contribution is -2.25. The van der Waals surface area contributed by atoms with Gasteiger partial charge in [0.25, 0.3) is 5.91 Å². The first-order valence-corrected chi connectivity index (χ1v) is 9.91. The van der Waals surface area contributed by atoms with Gasteiger partial charge in [-0.2, -0.15) is 0 Å². The van der Waals surface area contributed by atoms with Crippen LogP contribution in [0.1, 0.15) is 14.5 Å². The number of furan rings is 1. The highest BCUT2D eigenvalue weighted by molar-refractivity contribution is 7.17. The second-order valence-corrected chi connectivity index (χ2v) is 7.66. The van der Waals surface area contributed by atoms with Crippen LogP contribution in [0.3, 0.4) is 0 Å². The SMILES string of the molecule is O=C(NCCc1cccs1)c1sc(-c2ccco2)nc1-c1ccccc1. The van der Waals surface area contributed by atoms with Crippen LogP contribution in [0.2, 0.25) is 0 Å². The van der Waals surface area contributed by atoms with Crippen LogP contribution in [0.5, 0.6) is 0 Å². The number of amides is 1. The highest BCUT2D eigenvalue weighted by Crippen LogP contribution is 2.34. The molecule has 0 spiro atoms. The third-order valence-electron chi connectivity index (χ3n) is 3.85. The fourth-order valence-corrected chi connectivity index (χ4v) is 4.29. The highest BCUT2D eigenvalue weighted by Gasteiger charge is 2.21. The summed E-state index contributed by atoms with van der Waals surface area (Å²) >= 11 is 3.05. The third kappa shape index (κ3) is 3.61. The number of benzene rings is 1. The number of thiophene rings is 1. The number of hydrogen-bond acceptors (Lipinski definition) is 5. The molecule has 1 amide bonds. The van der Waals surface area contributed by atoms with Crippen LogP contribution in [0.25, 0.3) is 22.0 Å². The monoisotopic (exact) mass is 380 g/mol. The van der Waals surface area contributed by atoms with Crippen molar-refractivity contribution >= 4 is 28.6 Å². The number of carbonyl (C=O) groups is 1. The van der Waals surface area contributed by atoms with E-state index in [0.717, 1.165) is 12.0 Å². The summed E-state index contributed by atoms with van der Waals surface area (Å²) in [7, 11) is 0. The molecule has 0 unspecified atom stereocenters. The van der Waals surface area contributed by atoms with Gasteiger partial charge in [-0.25, -0.2) is 4.98 Å². The number of carbonyl (C=O) groups excluding carboxylic acids is 1. The van der Waals surface area contributed by atoms with Gasteiger partial charge in [0.15, 0.2) is 10.8 Å². The molecule has 1 N–H and O–H groups in total. The molecule has 3 aromatic heterocycles. The molecule has 0 bridgehead atoms. The van der Waals surface area contributed by atoms with Crippen molar-refractivity contribution in [1.82, 2.24) is 10.3 Å². The average molecular weight is 380 g/mol. The zero-order valence-electron chi connectivity index (χ0n) is 13.8. The molecule has 0 saturated heterocycles. The van der Waals surface area contributed by atoms with E-state index in [2.05, 4.69) is 16.4 Å². The van der Waals surface area contributed by atoms with E-state index in [4.69, 9.17) is 4.42 Å². The van der Waals surface area contributed by atoms with Crippen molar-refractivity contribution in [1.29, 1.82) is 0 Å². The summed E-state index contributed by atoms with van der Waals surface area (Å²) in [5.41, 5.74) is 1.61. The molecule has 0 aliphatic carbocycles. The van der Waals surface area contributed by atoms with Gasteiger partial charge < -0.3 is 9.73 Å². The largest absolute Gasteiger partial charge is 0.462 e. The highest BCUT2D eigenvalue weighted by atomic mass is 32.1. The van der Waals surface area contributed by atoms with Crippen LogP contribution in [0.4, 0.5) is 0 Å². The number of thiazole rings is 1. The van der Waals surface area contributed by atoms with Crippen LogP contribution < -0.4 is 5.32 Å². The van der Waals surface area contributed by atoms with Crippen LogP contribution >= 0.6 is 22.7 Å². The molecule has 3 heterocycles. The Morgan fingerprint density at radius 1 is 1.08 bits per heavy atom. The second-order valence-electron chi connectivity index (χ2n) is 5.63. The number of nitrogens with one attached hydrogen (secondary N) is 1. The zero-order valence-corrected chi connectivity index (χ0v) is 15.5. The molecule has 4 rings (SSSR count). The summed E-state index contributed by atoms with van der Waals surface area (Å²) < 4.78 is 5.45. The van der Waals surface area contributed by atoms with Gasteiger partial charge in [0, 0.05) is 17.0 Å². The number of aromatic nitrogens is 1. The number of hydrogen-bond donors (Lipinski definition) is 1. The molecular weight excluding hydrogens is 364 g/mol. The lowest BCUT2D eigenvalue weighted by molar-refractivity contribution is 0.0958. The maximum Gasteiger partial charge on any atom is 0.263 e. The van der Waals surface area contributed by atoms with Crippen LogP contribution in [-0.4, -0.2) is 17.4 Å². The fraction of sp³-hybridized carbons (Fsp3) is 0.100. The second kappa shape index (κ2) is 7.68. The average Bonchev–Trinajstić information content (AvgIpc) is 3.42. The minimum absolute atomic E-state index is 0.101. The van der Waals surface area contributed by atoms with Gasteiger partial charge >= 0.3 is 0 Å². The van der Waals surface area contributed by atoms with Gasteiger partial charge in [-0.15, -0.1) is 22.7 Å². The Morgan fingerprint density at radius 2 is 1.96 bits per heavy atom. The van der Waals surface area contributed by atoms with E-state index in [1.807, 2.05) is 53.9 Å². The summed E-state index contributed by atoms with van der Waals surface area (Å²) in [4.78, 5) is 19.3. The van der Waals surface area contributed by atoms with Crippen molar-refractivity contribution in [2.45, 2.75) is 6.42 Å². The maximum absolute atomic E-state index is 12.8. The van der Waals surface area contributed by atoms with E-state index >= 15 is 0 Å². The minimum atomic E-state index is -0.101. The Hall–Kier alpha value is -2.70. The standard InChI is InChI=1S/C20H16N2O2S2/c23-19(21-11-10-15-8-5-13-25-15)18-17(14-6-2-1-3-7-14)22-20(26-18)16-9-4-12-24-16/h1-9,12-13H,10-11H2,(H,21,23). The molecule has 0 saturated carbocycles. The maximum atomic E-state index is 12.8. The molecule has 0 aliphatic heterocycles. The first kappa shape index (κ1) is 16.8. The summed E-state index contributed by atoms with van der Waals surface area (Å²) in [6.45, 7) is 0.599. The lowest BCUT2D eigenvalue weighted by atomic mass is 10.1. The Labute approximate surface area is 159 Å². The molecule has 4 nitrogen and oxygen atoms in total. The molecule has 26 heavy (non-hydrogen) atoms. The zero-order chi connectivity index (χ0) is 17.8. The Morgan fingerprint density at radius 3 is 2.69 bits per heavy atom. The van der Waals surface area contributed by atoms with Gasteiger partial charge in [-0.05, 0) is 30.0 Å². The van der Waals surface area contributed by atoms with Crippen molar-refractivity contribution in [3.05, 3.63) is 76.0 Å². The van der Waals surface area contributed by atoms with Gasteiger partial charge in [0.1, 0.15) is 4.88 Å².